The lowest BCUT2D eigenvalue weighted by Crippen LogP contribution is -2.12. The number of carbonyl (C=O) groups is 1. The average Bonchev–Trinajstić information content (AvgIpc) is 3.34. The number of aromatic nitrogens is 2. The molecule has 0 unspecified atom stereocenters. The van der Waals surface area contributed by atoms with Gasteiger partial charge in [0.05, 0.1) is 11.6 Å². The highest BCUT2D eigenvalue weighted by molar-refractivity contribution is 9.10. The molecule has 4 rings (SSSR count). The van der Waals surface area contributed by atoms with E-state index in [4.69, 9.17) is 32.4 Å². The van der Waals surface area contributed by atoms with Gasteiger partial charge in [0.1, 0.15) is 18.1 Å². The van der Waals surface area contributed by atoms with Crippen LogP contribution in [0.15, 0.2) is 69.6 Å². The SMILES string of the molecule is Cc1cc(NC(=O)c2ccc(COc3ccc(Br)cc3Cl)o2)nn1Cc1cccc(Cl)c1. The molecule has 4 aromatic rings. The number of hydrogen-bond acceptors (Lipinski definition) is 4. The number of halogens is 3. The molecule has 2 aromatic heterocycles. The maximum absolute atomic E-state index is 12.6. The van der Waals surface area contributed by atoms with Crippen molar-refractivity contribution in [2.75, 3.05) is 5.32 Å². The van der Waals surface area contributed by atoms with E-state index < -0.39 is 5.91 Å². The van der Waals surface area contributed by atoms with Crippen LogP contribution in [-0.4, -0.2) is 15.7 Å². The number of ether oxygens (including phenoxy) is 1. The fraction of sp³-hybridized carbons (Fsp3) is 0.130. The molecule has 2 heterocycles. The van der Waals surface area contributed by atoms with Crippen LogP contribution in [-0.2, 0) is 13.2 Å². The molecule has 32 heavy (non-hydrogen) atoms. The number of nitrogens with one attached hydrogen (secondary N) is 1. The molecule has 0 aliphatic rings. The first-order valence-corrected chi connectivity index (χ1v) is 11.2. The van der Waals surface area contributed by atoms with Crippen LogP contribution in [0, 0.1) is 6.92 Å². The Hall–Kier alpha value is -2.74. The van der Waals surface area contributed by atoms with Crippen LogP contribution >= 0.6 is 39.1 Å². The second kappa shape index (κ2) is 9.81. The van der Waals surface area contributed by atoms with Gasteiger partial charge in [0.2, 0.25) is 0 Å². The molecule has 2 aromatic carbocycles. The van der Waals surface area contributed by atoms with Crippen LogP contribution in [0.5, 0.6) is 5.75 Å². The largest absolute Gasteiger partial charge is 0.484 e. The summed E-state index contributed by atoms with van der Waals surface area (Å²) in [6.07, 6.45) is 0. The van der Waals surface area contributed by atoms with E-state index in [1.165, 1.54) is 0 Å². The van der Waals surface area contributed by atoms with Gasteiger partial charge in [0.15, 0.2) is 11.6 Å². The summed E-state index contributed by atoms with van der Waals surface area (Å²) >= 11 is 15.6. The van der Waals surface area contributed by atoms with Gasteiger partial charge in [-0.1, -0.05) is 51.3 Å². The van der Waals surface area contributed by atoms with Crippen molar-refractivity contribution in [3.05, 3.63) is 98.0 Å². The highest BCUT2D eigenvalue weighted by Crippen LogP contribution is 2.28. The van der Waals surface area contributed by atoms with E-state index in [2.05, 4.69) is 26.3 Å². The highest BCUT2D eigenvalue weighted by atomic mass is 79.9. The van der Waals surface area contributed by atoms with E-state index in [9.17, 15) is 4.79 Å². The summed E-state index contributed by atoms with van der Waals surface area (Å²) in [4.78, 5) is 12.6. The van der Waals surface area contributed by atoms with Crippen molar-refractivity contribution in [2.24, 2.45) is 0 Å². The number of carbonyl (C=O) groups excluding carboxylic acids is 1. The third kappa shape index (κ3) is 5.54. The van der Waals surface area contributed by atoms with Crippen LogP contribution < -0.4 is 10.1 Å². The first kappa shape index (κ1) is 22.5. The number of benzene rings is 2. The van der Waals surface area contributed by atoms with E-state index in [0.717, 1.165) is 15.7 Å². The molecule has 6 nitrogen and oxygen atoms in total. The minimum Gasteiger partial charge on any atom is -0.484 e. The fourth-order valence-corrected chi connectivity index (χ4v) is 3.98. The Kier molecular flexibility index (Phi) is 6.89. The lowest BCUT2D eigenvalue weighted by molar-refractivity contribution is 0.0992. The molecule has 0 radical (unpaired) electrons. The molecule has 0 aliphatic carbocycles. The van der Waals surface area contributed by atoms with Crippen LogP contribution in [0.4, 0.5) is 5.82 Å². The van der Waals surface area contributed by atoms with Crippen molar-refractivity contribution < 1.29 is 13.9 Å². The zero-order valence-electron chi connectivity index (χ0n) is 16.9. The molecule has 0 saturated heterocycles. The van der Waals surface area contributed by atoms with Crippen molar-refractivity contribution in [1.82, 2.24) is 9.78 Å². The predicted molar refractivity (Wildman–Crippen MR) is 128 cm³/mol. The van der Waals surface area contributed by atoms with Crippen molar-refractivity contribution in [2.45, 2.75) is 20.1 Å². The number of rotatable bonds is 7. The van der Waals surface area contributed by atoms with Crippen molar-refractivity contribution in [1.29, 1.82) is 0 Å². The van der Waals surface area contributed by atoms with Crippen molar-refractivity contribution in [3.63, 3.8) is 0 Å². The minimum atomic E-state index is -0.398. The van der Waals surface area contributed by atoms with Crippen LogP contribution in [0.2, 0.25) is 10.0 Å². The molecular formula is C23H18BrCl2N3O3. The van der Waals surface area contributed by atoms with Gasteiger partial charge in [-0.3, -0.25) is 9.48 Å². The lowest BCUT2D eigenvalue weighted by Gasteiger charge is -2.06. The number of aryl methyl sites for hydroxylation is 1. The van der Waals surface area contributed by atoms with Crippen molar-refractivity contribution in [3.8, 4) is 5.75 Å². The van der Waals surface area contributed by atoms with Gasteiger partial charge in [-0.05, 0) is 55.0 Å². The van der Waals surface area contributed by atoms with Crippen molar-refractivity contribution >= 4 is 50.9 Å². The highest BCUT2D eigenvalue weighted by Gasteiger charge is 2.15. The third-order valence-corrected chi connectivity index (χ3v) is 5.62. The normalized spacial score (nSPS) is 10.9. The monoisotopic (exact) mass is 533 g/mol. The summed E-state index contributed by atoms with van der Waals surface area (Å²) in [5.41, 5.74) is 1.92. The van der Waals surface area contributed by atoms with Gasteiger partial charge in [0, 0.05) is 21.3 Å². The Morgan fingerprint density at radius 1 is 1.16 bits per heavy atom. The molecule has 0 spiro atoms. The number of amides is 1. The summed E-state index contributed by atoms with van der Waals surface area (Å²) in [5.74, 6) is 1.22. The first-order chi connectivity index (χ1) is 15.4. The Bertz CT molecular complexity index is 1270. The van der Waals surface area contributed by atoms with Crippen LogP contribution in [0.3, 0.4) is 0 Å². The topological polar surface area (TPSA) is 69.3 Å². The second-order valence-electron chi connectivity index (χ2n) is 7.04. The summed E-state index contributed by atoms with van der Waals surface area (Å²) in [5, 5.41) is 8.36. The average molecular weight is 535 g/mol. The van der Waals surface area contributed by atoms with Gasteiger partial charge in [-0.2, -0.15) is 5.10 Å². The summed E-state index contributed by atoms with van der Waals surface area (Å²) < 4.78 is 13.9. The van der Waals surface area contributed by atoms with E-state index in [1.54, 1.807) is 35.0 Å². The quantitative estimate of drug-likeness (QED) is 0.285. The van der Waals surface area contributed by atoms with Gasteiger partial charge in [0.25, 0.3) is 5.91 Å². The Balaban J connectivity index is 1.38. The number of furan rings is 1. The lowest BCUT2D eigenvalue weighted by atomic mass is 10.2. The molecule has 0 bridgehead atoms. The number of hydrogen-bond donors (Lipinski definition) is 1. The maximum Gasteiger partial charge on any atom is 0.292 e. The van der Waals surface area contributed by atoms with Gasteiger partial charge < -0.3 is 14.5 Å². The summed E-state index contributed by atoms with van der Waals surface area (Å²) in [7, 11) is 0. The summed E-state index contributed by atoms with van der Waals surface area (Å²) in [6.45, 7) is 2.61. The van der Waals surface area contributed by atoms with E-state index in [-0.39, 0.29) is 12.4 Å². The molecule has 1 N–H and O–H groups in total. The van der Waals surface area contributed by atoms with E-state index in [0.29, 0.717) is 33.9 Å². The maximum atomic E-state index is 12.6. The molecule has 1 amide bonds. The molecule has 0 saturated carbocycles. The standard InChI is InChI=1S/C23H18BrCl2N3O3/c1-14-9-22(28-29(14)12-15-3-2-4-17(25)10-15)27-23(30)21-8-6-18(32-21)13-31-20-7-5-16(24)11-19(20)26/h2-11H,12-13H2,1H3,(H,27,28,30). The van der Waals surface area contributed by atoms with Gasteiger partial charge >= 0.3 is 0 Å². The van der Waals surface area contributed by atoms with E-state index >= 15 is 0 Å². The molecule has 0 fully saturated rings. The predicted octanol–water partition coefficient (Wildman–Crippen LogP) is 6.73. The number of nitrogens with zero attached hydrogens (tertiary/aromatic N) is 2. The fourth-order valence-electron chi connectivity index (χ4n) is 3.04. The first-order valence-electron chi connectivity index (χ1n) is 9.64. The molecule has 9 heteroatoms. The van der Waals surface area contributed by atoms with Crippen LogP contribution in [0.25, 0.3) is 0 Å². The molecule has 0 aliphatic heterocycles. The van der Waals surface area contributed by atoms with Gasteiger partial charge in [-0.15, -0.1) is 0 Å². The Labute approximate surface area is 203 Å². The van der Waals surface area contributed by atoms with Gasteiger partial charge in [-0.25, -0.2) is 0 Å². The zero-order valence-corrected chi connectivity index (χ0v) is 20.0. The molecular weight excluding hydrogens is 517 g/mol. The number of anilines is 1. The zero-order chi connectivity index (χ0) is 22.7. The Morgan fingerprint density at radius 2 is 2.00 bits per heavy atom. The second-order valence-corrected chi connectivity index (χ2v) is 8.80. The molecule has 164 valence electrons. The third-order valence-electron chi connectivity index (χ3n) is 4.59. The van der Waals surface area contributed by atoms with Crippen LogP contribution in [0.1, 0.15) is 27.6 Å². The minimum absolute atomic E-state index is 0.141. The Morgan fingerprint density at radius 3 is 2.78 bits per heavy atom. The molecule has 0 atom stereocenters. The smallest absolute Gasteiger partial charge is 0.292 e. The van der Waals surface area contributed by atoms with E-state index in [1.807, 2.05) is 37.3 Å². The summed E-state index contributed by atoms with van der Waals surface area (Å²) in [6, 6.07) is 18.0.